The van der Waals surface area contributed by atoms with Crippen LogP contribution in [0.25, 0.3) is 5.70 Å². The largest absolute Gasteiger partial charge is 0.497 e. The third-order valence-electron chi connectivity index (χ3n) is 3.74. The Labute approximate surface area is 164 Å². The fourth-order valence-corrected chi connectivity index (χ4v) is 2.53. The van der Waals surface area contributed by atoms with Crippen molar-refractivity contribution in [3.05, 3.63) is 45.2 Å². The molecule has 0 saturated carbocycles. The van der Waals surface area contributed by atoms with Crippen molar-refractivity contribution >= 4 is 35.4 Å². The summed E-state index contributed by atoms with van der Waals surface area (Å²) in [7, 11) is 3.82. The molecule has 1 aliphatic rings. The number of aliphatic hydroxyl groups is 1. The fraction of sp³-hybridized carbons (Fsp3) is 0.500. The summed E-state index contributed by atoms with van der Waals surface area (Å²) in [6.45, 7) is 2.31. The SMILES string of the molecule is COc1ccc2c(c1)C([NH2+]CCCCCO)=CCN2C.I.O=[N+]([O-])[O-]. The molecule has 1 aromatic carbocycles. The number of likely N-dealkylation sites (N-methyl/N-ethyl adjacent to an activating group) is 1. The molecule has 142 valence electrons. The minimum atomic E-state index is -1.75. The fourth-order valence-electron chi connectivity index (χ4n) is 2.53. The monoisotopic (exact) mass is 467 g/mol. The number of methoxy groups -OCH3 is 1. The summed E-state index contributed by atoms with van der Waals surface area (Å²) in [5.41, 5.74) is 3.82. The molecule has 1 aromatic rings. The molecule has 25 heavy (non-hydrogen) atoms. The molecule has 9 heteroatoms. The van der Waals surface area contributed by atoms with Gasteiger partial charge >= 0.3 is 0 Å². The predicted molar refractivity (Wildman–Crippen MR) is 108 cm³/mol. The van der Waals surface area contributed by atoms with Gasteiger partial charge in [0.25, 0.3) is 0 Å². The van der Waals surface area contributed by atoms with E-state index in [2.05, 4.69) is 35.5 Å². The Kier molecular flexibility index (Phi) is 11.9. The van der Waals surface area contributed by atoms with Crippen molar-refractivity contribution in [2.45, 2.75) is 19.3 Å². The van der Waals surface area contributed by atoms with E-state index < -0.39 is 5.09 Å². The smallest absolute Gasteiger partial charge is 0.136 e. The molecule has 8 nitrogen and oxygen atoms in total. The Morgan fingerprint density at radius 2 is 2.00 bits per heavy atom. The molecule has 0 spiro atoms. The molecule has 1 heterocycles. The van der Waals surface area contributed by atoms with E-state index >= 15 is 0 Å². The maximum atomic E-state index is 8.79. The van der Waals surface area contributed by atoms with Gasteiger partial charge in [-0.25, -0.2) is 0 Å². The number of nitrogens with two attached hydrogens (primary N) is 1. The number of benzene rings is 1. The molecule has 0 atom stereocenters. The number of hydrogen-bond donors (Lipinski definition) is 2. The molecule has 2 rings (SSSR count). The average molecular weight is 467 g/mol. The van der Waals surface area contributed by atoms with E-state index in [9.17, 15) is 0 Å². The number of hydrogen-bond acceptors (Lipinski definition) is 6. The van der Waals surface area contributed by atoms with Gasteiger partial charge in [0.05, 0.1) is 30.0 Å². The highest BCUT2D eigenvalue weighted by atomic mass is 127. The van der Waals surface area contributed by atoms with Crippen LogP contribution in [0.3, 0.4) is 0 Å². The molecule has 0 amide bonds. The molecule has 1 aliphatic heterocycles. The Morgan fingerprint density at radius 3 is 2.60 bits per heavy atom. The second-order valence-corrected chi connectivity index (χ2v) is 5.42. The zero-order chi connectivity index (χ0) is 17.9. The van der Waals surface area contributed by atoms with Crippen molar-refractivity contribution in [3.63, 3.8) is 0 Å². The lowest BCUT2D eigenvalue weighted by Gasteiger charge is -2.26. The van der Waals surface area contributed by atoms with E-state index in [4.69, 9.17) is 25.2 Å². The molecule has 0 aromatic heterocycles. The van der Waals surface area contributed by atoms with E-state index in [0.29, 0.717) is 6.61 Å². The van der Waals surface area contributed by atoms with Crippen LogP contribution < -0.4 is 15.0 Å². The molecule has 0 radical (unpaired) electrons. The minimum absolute atomic E-state index is 0. The lowest BCUT2D eigenvalue weighted by atomic mass is 10.0. The van der Waals surface area contributed by atoms with Crippen molar-refractivity contribution in [1.29, 1.82) is 0 Å². The summed E-state index contributed by atoms with van der Waals surface area (Å²) < 4.78 is 5.33. The summed E-state index contributed by atoms with van der Waals surface area (Å²) >= 11 is 0. The Hall–Kier alpha value is -1.59. The van der Waals surface area contributed by atoms with Crippen LogP contribution in [0.1, 0.15) is 24.8 Å². The van der Waals surface area contributed by atoms with Crippen LogP contribution in [0.5, 0.6) is 5.75 Å². The van der Waals surface area contributed by atoms with E-state index in [1.54, 1.807) is 7.11 Å². The summed E-state index contributed by atoms with van der Waals surface area (Å²) in [5.74, 6) is 0.902. The third-order valence-corrected chi connectivity index (χ3v) is 3.74. The maximum absolute atomic E-state index is 8.79. The molecular weight excluding hydrogens is 441 g/mol. The van der Waals surface area contributed by atoms with Gasteiger partial charge in [-0.05, 0) is 43.5 Å². The van der Waals surface area contributed by atoms with Crippen LogP contribution in [0.2, 0.25) is 0 Å². The Bertz CT molecular complexity index is 565. The van der Waals surface area contributed by atoms with Crippen molar-refractivity contribution in [2.24, 2.45) is 0 Å². The van der Waals surface area contributed by atoms with Gasteiger partial charge in [0.1, 0.15) is 11.4 Å². The van der Waals surface area contributed by atoms with Crippen LogP contribution in [-0.4, -0.2) is 44.0 Å². The van der Waals surface area contributed by atoms with E-state index in [-0.39, 0.29) is 24.0 Å². The van der Waals surface area contributed by atoms with E-state index in [1.807, 2.05) is 6.07 Å². The first-order chi connectivity index (χ1) is 11.5. The van der Waals surface area contributed by atoms with Gasteiger partial charge < -0.3 is 35.4 Å². The highest BCUT2D eigenvalue weighted by Gasteiger charge is 2.19. The highest BCUT2D eigenvalue weighted by molar-refractivity contribution is 14.0. The number of fused-ring (bicyclic) bond motifs is 1. The van der Waals surface area contributed by atoms with Crippen LogP contribution >= 0.6 is 24.0 Å². The third kappa shape index (κ3) is 8.36. The molecular formula is C16H26IN3O5. The zero-order valence-electron chi connectivity index (χ0n) is 14.5. The standard InChI is InChI=1S/C16H24N2O2.HI.NO3/c1-18-10-8-15(17-9-4-3-5-11-19)14-12-13(20-2)6-7-16(14)18;;2-1(3)4/h6-8,12,17,19H,3-5,9-11H2,1-2H3;1H;/q;;-1/p+1. The van der Waals surface area contributed by atoms with Crippen molar-refractivity contribution in [2.75, 3.05) is 38.8 Å². The minimum Gasteiger partial charge on any atom is -0.497 e. The van der Waals surface area contributed by atoms with Gasteiger partial charge in [-0.1, -0.05) is 0 Å². The number of anilines is 1. The number of unbranched alkanes of at least 4 members (excludes halogenated alkanes) is 2. The van der Waals surface area contributed by atoms with Crippen LogP contribution in [-0.2, 0) is 0 Å². The zero-order valence-corrected chi connectivity index (χ0v) is 16.8. The first kappa shape index (κ1) is 23.4. The summed E-state index contributed by atoms with van der Waals surface area (Å²) in [5, 5.41) is 25.8. The number of quaternary nitrogens is 1. The molecule has 0 saturated heterocycles. The lowest BCUT2D eigenvalue weighted by Crippen LogP contribution is -2.81. The maximum Gasteiger partial charge on any atom is 0.136 e. The number of aliphatic hydroxyl groups excluding tert-OH is 1. The lowest BCUT2D eigenvalue weighted by molar-refractivity contribution is -0.563. The predicted octanol–water partition coefficient (Wildman–Crippen LogP) is 1.59. The van der Waals surface area contributed by atoms with E-state index in [0.717, 1.165) is 38.1 Å². The number of nitrogens with zero attached hydrogens (tertiary/aromatic N) is 2. The van der Waals surface area contributed by atoms with Crippen molar-refractivity contribution < 1.29 is 20.2 Å². The Balaban J connectivity index is 0.00000104. The number of ether oxygens (including phenoxy) is 1. The topological polar surface area (TPSA) is 116 Å². The van der Waals surface area contributed by atoms with E-state index in [1.165, 1.54) is 16.9 Å². The van der Waals surface area contributed by atoms with Gasteiger partial charge in [0.2, 0.25) is 0 Å². The van der Waals surface area contributed by atoms with Gasteiger partial charge in [-0.15, -0.1) is 24.0 Å². The molecule has 0 fully saturated rings. The molecule has 0 aliphatic carbocycles. The van der Waals surface area contributed by atoms with Crippen LogP contribution in [0.4, 0.5) is 5.69 Å². The molecule has 0 unspecified atom stereocenters. The quantitative estimate of drug-likeness (QED) is 0.273. The highest BCUT2D eigenvalue weighted by Crippen LogP contribution is 2.30. The number of rotatable bonds is 7. The van der Waals surface area contributed by atoms with Crippen molar-refractivity contribution in [3.8, 4) is 5.75 Å². The number of halogens is 1. The second kappa shape index (κ2) is 12.7. The average Bonchev–Trinajstić information content (AvgIpc) is 2.55. The molecule has 3 N–H and O–H groups in total. The first-order valence-corrected chi connectivity index (χ1v) is 7.85. The van der Waals surface area contributed by atoms with Gasteiger partial charge in [0, 0.05) is 20.2 Å². The van der Waals surface area contributed by atoms with Crippen molar-refractivity contribution in [1.82, 2.24) is 0 Å². The molecule has 0 bridgehead atoms. The van der Waals surface area contributed by atoms with Gasteiger partial charge in [-0.3, -0.25) is 0 Å². The van der Waals surface area contributed by atoms with Crippen LogP contribution in [0, 0.1) is 15.3 Å². The van der Waals surface area contributed by atoms with Crippen LogP contribution in [0.15, 0.2) is 24.3 Å². The van der Waals surface area contributed by atoms with Gasteiger partial charge in [-0.2, -0.15) is 0 Å². The summed E-state index contributed by atoms with van der Waals surface area (Å²) in [4.78, 5) is 10.5. The second-order valence-electron chi connectivity index (χ2n) is 5.42. The Morgan fingerprint density at radius 1 is 1.32 bits per heavy atom. The first-order valence-electron chi connectivity index (χ1n) is 7.85. The summed E-state index contributed by atoms with van der Waals surface area (Å²) in [6.07, 6.45) is 5.39. The normalized spacial score (nSPS) is 12.1. The van der Waals surface area contributed by atoms with Gasteiger partial charge in [0.15, 0.2) is 0 Å². The summed E-state index contributed by atoms with van der Waals surface area (Å²) in [6, 6.07) is 6.25.